The number of aryl methyl sites for hydroxylation is 1. The van der Waals surface area contributed by atoms with E-state index in [1.54, 1.807) is 28.4 Å². The summed E-state index contributed by atoms with van der Waals surface area (Å²) in [7, 11) is 0. The fourth-order valence-electron chi connectivity index (χ4n) is 3.05. The van der Waals surface area contributed by atoms with Crippen molar-refractivity contribution in [2.75, 3.05) is 13.1 Å². The molecule has 1 amide bonds. The number of carbonyl (C=O) groups is 1. The van der Waals surface area contributed by atoms with Crippen LogP contribution in [0.3, 0.4) is 0 Å². The van der Waals surface area contributed by atoms with Crippen LogP contribution < -0.4 is 0 Å². The van der Waals surface area contributed by atoms with Crippen molar-refractivity contribution in [1.82, 2.24) is 4.90 Å². The molecular formula is C23H23NOS. The van der Waals surface area contributed by atoms with Crippen LogP contribution in [0.5, 0.6) is 0 Å². The lowest BCUT2D eigenvalue weighted by atomic mass is 10.0. The Bertz CT molecular complexity index is 927. The van der Waals surface area contributed by atoms with Crippen molar-refractivity contribution in [2.24, 2.45) is 0 Å². The third-order valence-electron chi connectivity index (χ3n) is 4.38. The summed E-state index contributed by atoms with van der Waals surface area (Å²) < 4.78 is 1.15. The van der Waals surface area contributed by atoms with Gasteiger partial charge in [-0.15, -0.1) is 24.5 Å². The van der Waals surface area contributed by atoms with E-state index in [0.29, 0.717) is 13.1 Å². The van der Waals surface area contributed by atoms with E-state index in [2.05, 4.69) is 56.5 Å². The Morgan fingerprint density at radius 3 is 2.35 bits per heavy atom. The molecule has 0 N–H and O–H groups in total. The van der Waals surface area contributed by atoms with E-state index in [1.165, 1.54) is 16.5 Å². The molecule has 2 nitrogen and oxygen atoms in total. The Kier molecular flexibility index (Phi) is 5.69. The molecule has 0 aliphatic rings. The lowest BCUT2D eigenvalue weighted by Gasteiger charge is -2.19. The molecule has 0 saturated carbocycles. The Balaban J connectivity index is 2.06. The number of fused-ring (bicyclic) bond motifs is 1. The number of carbonyl (C=O) groups excluding carboxylic acids is 1. The monoisotopic (exact) mass is 361 g/mol. The second kappa shape index (κ2) is 8.15. The highest BCUT2D eigenvalue weighted by Crippen LogP contribution is 2.34. The van der Waals surface area contributed by atoms with Crippen molar-refractivity contribution in [2.45, 2.75) is 13.3 Å². The van der Waals surface area contributed by atoms with Crippen molar-refractivity contribution in [3.05, 3.63) is 95.4 Å². The third-order valence-corrected chi connectivity index (χ3v) is 5.58. The fraction of sp³-hybridized carbons (Fsp3) is 0.174. The number of benzene rings is 2. The molecule has 0 fully saturated rings. The Labute approximate surface area is 159 Å². The first-order valence-corrected chi connectivity index (χ1v) is 9.52. The smallest absolute Gasteiger partial charge is 0.264 e. The quantitative estimate of drug-likeness (QED) is 0.501. The predicted octanol–water partition coefficient (Wildman–Crippen LogP) is 5.61. The molecular weight excluding hydrogens is 338 g/mol. The van der Waals surface area contributed by atoms with Crippen molar-refractivity contribution < 1.29 is 4.79 Å². The minimum atomic E-state index is 0.0492. The van der Waals surface area contributed by atoms with Crippen LogP contribution in [0.25, 0.3) is 10.1 Å². The molecule has 1 aromatic heterocycles. The van der Waals surface area contributed by atoms with E-state index in [9.17, 15) is 4.79 Å². The molecule has 2 aromatic carbocycles. The summed E-state index contributed by atoms with van der Waals surface area (Å²) in [5.41, 5.74) is 3.56. The molecule has 0 spiro atoms. The van der Waals surface area contributed by atoms with E-state index in [4.69, 9.17) is 0 Å². The zero-order chi connectivity index (χ0) is 18.5. The van der Waals surface area contributed by atoms with Crippen LogP contribution in [-0.2, 0) is 6.42 Å². The minimum Gasteiger partial charge on any atom is -0.331 e. The Morgan fingerprint density at radius 1 is 1.04 bits per heavy atom. The summed E-state index contributed by atoms with van der Waals surface area (Å²) in [6.07, 6.45) is 4.27. The first-order valence-electron chi connectivity index (χ1n) is 8.71. The molecule has 3 rings (SSSR count). The van der Waals surface area contributed by atoms with Gasteiger partial charge in [-0.3, -0.25) is 4.79 Å². The second-order valence-electron chi connectivity index (χ2n) is 6.36. The van der Waals surface area contributed by atoms with Crippen molar-refractivity contribution in [3.63, 3.8) is 0 Å². The minimum absolute atomic E-state index is 0.0492. The van der Waals surface area contributed by atoms with E-state index in [1.807, 2.05) is 12.1 Å². The van der Waals surface area contributed by atoms with Gasteiger partial charge in [-0.1, -0.05) is 60.2 Å². The van der Waals surface area contributed by atoms with Gasteiger partial charge in [0.2, 0.25) is 0 Å². The molecule has 1 heterocycles. The molecule has 3 aromatic rings. The van der Waals surface area contributed by atoms with Crippen LogP contribution in [0.1, 0.15) is 26.4 Å². The highest BCUT2D eigenvalue weighted by atomic mass is 32.1. The van der Waals surface area contributed by atoms with Crippen LogP contribution in [0.15, 0.2) is 73.8 Å². The molecule has 0 saturated heterocycles. The molecule has 0 bridgehead atoms. The van der Waals surface area contributed by atoms with Gasteiger partial charge < -0.3 is 4.90 Å². The van der Waals surface area contributed by atoms with Crippen LogP contribution in [0.4, 0.5) is 0 Å². The number of nitrogens with zero attached hydrogens (tertiary/aromatic N) is 1. The normalized spacial score (nSPS) is 10.7. The van der Waals surface area contributed by atoms with Crippen LogP contribution in [0, 0.1) is 6.92 Å². The lowest BCUT2D eigenvalue weighted by molar-refractivity contribution is 0.0795. The van der Waals surface area contributed by atoms with Crippen molar-refractivity contribution in [1.29, 1.82) is 0 Å². The van der Waals surface area contributed by atoms with Gasteiger partial charge in [0.15, 0.2) is 0 Å². The van der Waals surface area contributed by atoms with Gasteiger partial charge in [-0.05, 0) is 35.9 Å². The summed E-state index contributed by atoms with van der Waals surface area (Å²) in [5, 5.41) is 1.17. The lowest BCUT2D eigenvalue weighted by Crippen LogP contribution is -2.31. The molecule has 0 aliphatic carbocycles. The number of thiophene rings is 1. The Hall–Kier alpha value is -2.65. The van der Waals surface area contributed by atoms with Gasteiger partial charge >= 0.3 is 0 Å². The van der Waals surface area contributed by atoms with E-state index in [-0.39, 0.29) is 5.91 Å². The molecule has 3 heteroatoms. The summed E-state index contributed by atoms with van der Waals surface area (Å²) in [6.45, 7) is 10.7. The fourth-order valence-corrected chi connectivity index (χ4v) is 4.24. The van der Waals surface area contributed by atoms with Gasteiger partial charge in [0.25, 0.3) is 5.91 Å². The average molecular weight is 362 g/mol. The zero-order valence-corrected chi connectivity index (χ0v) is 15.9. The first-order chi connectivity index (χ1) is 12.6. The SMILES string of the molecule is C=CCN(CC=C)C(=O)c1sc2ccccc2c1Cc1ccc(C)cc1. The number of rotatable bonds is 7. The average Bonchev–Trinajstić information content (AvgIpc) is 3.01. The maximum absolute atomic E-state index is 13.2. The molecule has 26 heavy (non-hydrogen) atoms. The van der Waals surface area contributed by atoms with Gasteiger partial charge in [0.1, 0.15) is 0 Å². The molecule has 0 aliphatic heterocycles. The van der Waals surface area contributed by atoms with Crippen molar-refractivity contribution in [3.8, 4) is 0 Å². The Morgan fingerprint density at radius 2 is 1.69 bits per heavy atom. The second-order valence-corrected chi connectivity index (χ2v) is 7.41. The molecule has 132 valence electrons. The van der Waals surface area contributed by atoms with Crippen molar-refractivity contribution >= 4 is 27.3 Å². The van der Waals surface area contributed by atoms with Gasteiger partial charge in [-0.2, -0.15) is 0 Å². The predicted molar refractivity (Wildman–Crippen MR) is 112 cm³/mol. The topological polar surface area (TPSA) is 20.3 Å². The highest BCUT2D eigenvalue weighted by molar-refractivity contribution is 7.21. The number of amides is 1. The van der Waals surface area contributed by atoms with E-state index < -0.39 is 0 Å². The first kappa shape index (κ1) is 18.2. The maximum atomic E-state index is 13.2. The highest BCUT2D eigenvalue weighted by Gasteiger charge is 2.22. The van der Waals surface area contributed by atoms with Gasteiger partial charge in [0, 0.05) is 17.8 Å². The van der Waals surface area contributed by atoms with Gasteiger partial charge in [-0.25, -0.2) is 0 Å². The summed E-state index contributed by atoms with van der Waals surface area (Å²) in [5.74, 6) is 0.0492. The summed E-state index contributed by atoms with van der Waals surface area (Å²) in [6, 6.07) is 16.8. The number of hydrogen-bond donors (Lipinski definition) is 0. The summed E-state index contributed by atoms with van der Waals surface area (Å²) >= 11 is 1.57. The van der Waals surface area contributed by atoms with E-state index >= 15 is 0 Å². The standard InChI is InChI=1S/C23H23NOS/c1-4-14-24(15-5-2)23(25)22-20(16-18-12-10-17(3)11-13-18)19-8-6-7-9-21(19)26-22/h4-13H,1-2,14-16H2,3H3. The summed E-state index contributed by atoms with van der Waals surface area (Å²) in [4.78, 5) is 15.8. The molecule has 0 radical (unpaired) electrons. The van der Waals surface area contributed by atoms with E-state index in [0.717, 1.165) is 21.6 Å². The zero-order valence-electron chi connectivity index (χ0n) is 15.1. The largest absolute Gasteiger partial charge is 0.331 e. The maximum Gasteiger partial charge on any atom is 0.264 e. The molecule has 0 atom stereocenters. The van der Waals surface area contributed by atoms with Gasteiger partial charge in [0.05, 0.1) is 4.88 Å². The number of hydrogen-bond acceptors (Lipinski definition) is 2. The van der Waals surface area contributed by atoms with Crippen LogP contribution in [0.2, 0.25) is 0 Å². The van der Waals surface area contributed by atoms with Crippen LogP contribution >= 0.6 is 11.3 Å². The molecule has 0 unspecified atom stereocenters. The third kappa shape index (κ3) is 3.78. The van der Waals surface area contributed by atoms with Crippen LogP contribution in [-0.4, -0.2) is 23.9 Å².